The Bertz CT molecular complexity index is 495. The van der Waals surface area contributed by atoms with Crippen molar-refractivity contribution < 1.29 is 19.1 Å². The van der Waals surface area contributed by atoms with Gasteiger partial charge in [-0.2, -0.15) is 0 Å². The molecule has 0 aliphatic rings. The van der Waals surface area contributed by atoms with Crippen LogP contribution < -0.4 is 4.74 Å². The number of benzene rings is 1. The molecule has 1 rings (SSSR count). The summed E-state index contributed by atoms with van der Waals surface area (Å²) in [5, 5.41) is 0. The molecule has 0 saturated heterocycles. The summed E-state index contributed by atoms with van der Waals surface area (Å²) >= 11 is 0. The first-order valence-corrected chi connectivity index (χ1v) is 5.90. The first kappa shape index (κ1) is 15.0. The Hall–Kier alpha value is -2.10. The van der Waals surface area contributed by atoms with Gasteiger partial charge in [0.25, 0.3) is 0 Å². The van der Waals surface area contributed by atoms with E-state index in [-0.39, 0.29) is 0 Å². The van der Waals surface area contributed by atoms with E-state index in [2.05, 4.69) is 0 Å². The Morgan fingerprint density at radius 3 is 2.42 bits per heavy atom. The molecule has 0 fully saturated rings. The number of hydrogen-bond acceptors (Lipinski definition) is 4. The van der Waals surface area contributed by atoms with E-state index >= 15 is 0 Å². The van der Waals surface area contributed by atoms with Gasteiger partial charge in [0.05, 0.1) is 7.11 Å². The molecule has 0 radical (unpaired) electrons. The monoisotopic (exact) mass is 262 g/mol. The van der Waals surface area contributed by atoms with Gasteiger partial charge in [0, 0.05) is 11.6 Å². The molecule has 0 unspecified atom stereocenters. The van der Waals surface area contributed by atoms with Gasteiger partial charge in [0.15, 0.2) is 6.29 Å². The average molecular weight is 262 g/mol. The number of carbonyl (C=O) groups is 2. The molecule has 1 aromatic rings. The summed E-state index contributed by atoms with van der Waals surface area (Å²) in [7, 11) is 1.53. The fraction of sp³-hybridized carbons (Fsp3) is 0.333. The van der Waals surface area contributed by atoms with Crippen LogP contribution >= 0.6 is 0 Å². The molecule has 1 aromatic carbocycles. The number of rotatable bonds is 4. The molecule has 0 amide bonds. The SMILES string of the molecule is COc1ccc(/C=C/C(=O)OC(C)(C)C)c(C=O)c1. The summed E-state index contributed by atoms with van der Waals surface area (Å²) in [6, 6.07) is 5.05. The summed E-state index contributed by atoms with van der Waals surface area (Å²) in [5.41, 5.74) is 0.565. The zero-order valence-electron chi connectivity index (χ0n) is 11.6. The van der Waals surface area contributed by atoms with Crippen molar-refractivity contribution in [2.24, 2.45) is 0 Å². The number of ether oxygens (including phenoxy) is 2. The second-order valence-electron chi connectivity index (χ2n) is 4.98. The third-order valence-corrected chi connectivity index (χ3v) is 2.23. The molecule has 0 bridgehead atoms. The maximum atomic E-state index is 11.5. The Morgan fingerprint density at radius 1 is 1.21 bits per heavy atom. The van der Waals surface area contributed by atoms with Gasteiger partial charge in [-0.1, -0.05) is 6.07 Å². The van der Waals surface area contributed by atoms with E-state index in [1.807, 2.05) is 0 Å². The summed E-state index contributed by atoms with van der Waals surface area (Å²) in [6.45, 7) is 5.38. The summed E-state index contributed by atoms with van der Waals surface area (Å²) in [4.78, 5) is 22.5. The predicted molar refractivity (Wildman–Crippen MR) is 73.3 cm³/mol. The van der Waals surface area contributed by atoms with Crippen molar-refractivity contribution >= 4 is 18.3 Å². The highest BCUT2D eigenvalue weighted by Crippen LogP contribution is 2.17. The molecule has 0 spiro atoms. The lowest BCUT2D eigenvalue weighted by atomic mass is 10.1. The molecule has 4 heteroatoms. The van der Waals surface area contributed by atoms with Gasteiger partial charge in [-0.3, -0.25) is 4.79 Å². The summed E-state index contributed by atoms with van der Waals surface area (Å²) < 4.78 is 10.2. The first-order valence-electron chi connectivity index (χ1n) is 5.90. The second kappa shape index (κ2) is 6.18. The summed E-state index contributed by atoms with van der Waals surface area (Å²) in [5.74, 6) is 0.150. The quantitative estimate of drug-likeness (QED) is 0.475. The van der Waals surface area contributed by atoms with Crippen LogP contribution in [-0.4, -0.2) is 25.0 Å². The van der Waals surface area contributed by atoms with E-state index in [4.69, 9.17) is 9.47 Å². The molecule has 4 nitrogen and oxygen atoms in total. The normalized spacial score (nSPS) is 11.4. The Labute approximate surface area is 113 Å². The number of esters is 1. The molecule has 102 valence electrons. The van der Waals surface area contributed by atoms with Gasteiger partial charge < -0.3 is 9.47 Å². The number of methoxy groups -OCH3 is 1. The Balaban J connectivity index is 2.87. The van der Waals surface area contributed by atoms with E-state index in [0.29, 0.717) is 16.9 Å². The van der Waals surface area contributed by atoms with Gasteiger partial charge in [-0.15, -0.1) is 0 Å². The standard InChI is InChI=1S/C15H18O4/c1-15(2,3)19-14(17)8-6-11-5-7-13(18-4)9-12(11)10-16/h5-10H,1-4H3/b8-6+. The minimum atomic E-state index is -0.533. The molecule has 0 aliphatic carbocycles. The van der Waals surface area contributed by atoms with Crippen molar-refractivity contribution in [3.8, 4) is 5.75 Å². The number of aldehydes is 1. The number of hydrogen-bond donors (Lipinski definition) is 0. The van der Waals surface area contributed by atoms with Crippen LogP contribution in [0.5, 0.6) is 5.75 Å². The molecule has 0 atom stereocenters. The average Bonchev–Trinajstić information content (AvgIpc) is 2.34. The Kier molecular flexibility index (Phi) is 4.87. The summed E-state index contributed by atoms with van der Waals surface area (Å²) in [6.07, 6.45) is 3.58. The van der Waals surface area contributed by atoms with Gasteiger partial charge in [0.1, 0.15) is 11.4 Å². The lowest BCUT2D eigenvalue weighted by Crippen LogP contribution is -2.22. The molecule has 0 saturated carbocycles. The van der Waals surface area contributed by atoms with Crippen LogP contribution in [-0.2, 0) is 9.53 Å². The number of carbonyl (C=O) groups excluding carboxylic acids is 2. The van der Waals surface area contributed by atoms with E-state index in [1.54, 1.807) is 45.0 Å². The van der Waals surface area contributed by atoms with Crippen molar-refractivity contribution in [1.29, 1.82) is 0 Å². The van der Waals surface area contributed by atoms with Crippen LogP contribution in [0.2, 0.25) is 0 Å². The van der Waals surface area contributed by atoms with Crippen molar-refractivity contribution in [2.75, 3.05) is 7.11 Å². The van der Waals surface area contributed by atoms with Crippen LogP contribution in [0.1, 0.15) is 36.7 Å². The van der Waals surface area contributed by atoms with E-state index in [0.717, 1.165) is 6.29 Å². The zero-order valence-corrected chi connectivity index (χ0v) is 11.6. The van der Waals surface area contributed by atoms with E-state index in [1.165, 1.54) is 13.2 Å². The van der Waals surface area contributed by atoms with Gasteiger partial charge in [0.2, 0.25) is 0 Å². The van der Waals surface area contributed by atoms with Crippen LogP contribution in [0.4, 0.5) is 0 Å². The highest BCUT2D eigenvalue weighted by atomic mass is 16.6. The third kappa shape index (κ3) is 4.95. The fourth-order valence-corrected chi connectivity index (χ4v) is 1.43. The molecule has 0 heterocycles. The van der Waals surface area contributed by atoms with Gasteiger partial charge in [-0.05, 0) is 44.5 Å². The van der Waals surface area contributed by atoms with Crippen LogP contribution in [0.15, 0.2) is 24.3 Å². The predicted octanol–water partition coefficient (Wildman–Crippen LogP) is 2.86. The van der Waals surface area contributed by atoms with Gasteiger partial charge in [-0.25, -0.2) is 4.79 Å². The Morgan fingerprint density at radius 2 is 1.89 bits per heavy atom. The molecule has 0 aliphatic heterocycles. The largest absolute Gasteiger partial charge is 0.497 e. The molecular weight excluding hydrogens is 244 g/mol. The topological polar surface area (TPSA) is 52.6 Å². The van der Waals surface area contributed by atoms with Crippen LogP contribution in [0, 0.1) is 0 Å². The van der Waals surface area contributed by atoms with E-state index < -0.39 is 11.6 Å². The van der Waals surface area contributed by atoms with Crippen molar-refractivity contribution in [3.05, 3.63) is 35.4 Å². The van der Waals surface area contributed by atoms with Crippen LogP contribution in [0.3, 0.4) is 0 Å². The minimum Gasteiger partial charge on any atom is -0.497 e. The third-order valence-electron chi connectivity index (χ3n) is 2.23. The highest BCUT2D eigenvalue weighted by molar-refractivity contribution is 5.90. The second-order valence-corrected chi connectivity index (χ2v) is 4.98. The minimum absolute atomic E-state index is 0.444. The van der Waals surface area contributed by atoms with Gasteiger partial charge >= 0.3 is 5.97 Å². The van der Waals surface area contributed by atoms with Crippen molar-refractivity contribution in [1.82, 2.24) is 0 Å². The zero-order chi connectivity index (χ0) is 14.5. The smallest absolute Gasteiger partial charge is 0.331 e. The maximum absolute atomic E-state index is 11.5. The lowest BCUT2D eigenvalue weighted by molar-refractivity contribution is -0.148. The maximum Gasteiger partial charge on any atom is 0.331 e. The van der Waals surface area contributed by atoms with Crippen LogP contribution in [0.25, 0.3) is 6.08 Å². The lowest BCUT2D eigenvalue weighted by Gasteiger charge is -2.17. The highest BCUT2D eigenvalue weighted by Gasteiger charge is 2.14. The fourth-order valence-electron chi connectivity index (χ4n) is 1.43. The molecule has 0 N–H and O–H groups in total. The van der Waals surface area contributed by atoms with Crippen molar-refractivity contribution in [2.45, 2.75) is 26.4 Å². The molecule has 0 aromatic heterocycles. The first-order chi connectivity index (χ1) is 8.85. The molecule has 19 heavy (non-hydrogen) atoms. The van der Waals surface area contributed by atoms with Crippen molar-refractivity contribution in [3.63, 3.8) is 0 Å². The molecular formula is C15H18O4. The van der Waals surface area contributed by atoms with E-state index in [9.17, 15) is 9.59 Å².